The van der Waals surface area contributed by atoms with Gasteiger partial charge in [-0.3, -0.25) is 10.1 Å². The Labute approximate surface area is 90.4 Å². The van der Waals surface area contributed by atoms with Gasteiger partial charge in [-0.15, -0.1) is 5.92 Å². The lowest BCUT2D eigenvalue weighted by molar-refractivity contribution is -0.386. The quantitative estimate of drug-likeness (QED) is 0.488. The Morgan fingerprint density at radius 3 is 2.75 bits per heavy atom. The third-order valence-corrected chi connectivity index (χ3v) is 1.75. The zero-order valence-corrected chi connectivity index (χ0v) is 8.38. The van der Waals surface area contributed by atoms with Crippen molar-refractivity contribution in [3.63, 3.8) is 0 Å². The van der Waals surface area contributed by atoms with Gasteiger partial charge in [-0.1, -0.05) is 5.92 Å². The Morgan fingerprint density at radius 2 is 2.19 bits per heavy atom. The van der Waals surface area contributed by atoms with Crippen LogP contribution in [0.3, 0.4) is 0 Å². The van der Waals surface area contributed by atoms with Gasteiger partial charge >= 0.3 is 5.69 Å². The highest BCUT2D eigenvalue weighted by Crippen LogP contribution is 2.28. The largest absolute Gasteiger partial charge is 0.368 e. The van der Waals surface area contributed by atoms with Crippen LogP contribution in [-0.4, -0.2) is 11.5 Å². The van der Waals surface area contributed by atoms with Crippen LogP contribution in [0, 0.1) is 33.6 Å². The van der Waals surface area contributed by atoms with Crippen LogP contribution >= 0.6 is 0 Å². The Kier molecular flexibility index (Phi) is 3.78. The van der Waals surface area contributed by atoms with Gasteiger partial charge in [0, 0.05) is 12.1 Å². The maximum Gasteiger partial charge on any atom is 0.327 e. The molecule has 0 saturated carbocycles. The molecule has 0 aromatic heterocycles. The molecule has 0 aliphatic heterocycles. The first-order chi connectivity index (χ1) is 7.56. The van der Waals surface area contributed by atoms with Gasteiger partial charge in [0.2, 0.25) is 5.82 Å². The molecule has 4 nitrogen and oxygen atoms in total. The van der Waals surface area contributed by atoms with E-state index in [1.165, 1.54) is 0 Å². The first-order valence-corrected chi connectivity index (χ1v) is 4.33. The van der Waals surface area contributed by atoms with Crippen LogP contribution in [0.1, 0.15) is 6.92 Å². The third-order valence-electron chi connectivity index (χ3n) is 1.75. The van der Waals surface area contributed by atoms with Crippen molar-refractivity contribution in [1.29, 1.82) is 0 Å². The summed E-state index contributed by atoms with van der Waals surface area (Å²) in [5, 5.41) is 13.0. The Morgan fingerprint density at radius 1 is 1.50 bits per heavy atom. The van der Waals surface area contributed by atoms with Crippen molar-refractivity contribution in [3.05, 3.63) is 33.9 Å². The average Bonchev–Trinajstić information content (AvgIpc) is 2.16. The number of nitrogens with one attached hydrogen (secondary N) is 1. The van der Waals surface area contributed by atoms with Crippen LogP contribution in [0.15, 0.2) is 12.1 Å². The highest BCUT2D eigenvalue weighted by Gasteiger charge is 2.21. The summed E-state index contributed by atoms with van der Waals surface area (Å²) in [6.45, 7) is 1.67. The number of rotatable bonds is 3. The van der Waals surface area contributed by atoms with E-state index in [1.54, 1.807) is 6.92 Å². The van der Waals surface area contributed by atoms with E-state index in [9.17, 15) is 18.9 Å². The first kappa shape index (κ1) is 11.9. The molecule has 0 heterocycles. The molecule has 0 unspecified atom stereocenters. The number of benzene rings is 1. The Hall–Kier alpha value is -2.16. The Bertz CT molecular complexity index is 478. The second kappa shape index (κ2) is 5.07. The molecule has 1 aromatic carbocycles. The molecule has 0 spiro atoms. The smallest absolute Gasteiger partial charge is 0.327 e. The van der Waals surface area contributed by atoms with Crippen molar-refractivity contribution in [2.45, 2.75) is 6.92 Å². The van der Waals surface area contributed by atoms with Gasteiger partial charge in [-0.05, 0) is 6.92 Å². The van der Waals surface area contributed by atoms with Crippen molar-refractivity contribution >= 4 is 11.4 Å². The zero-order chi connectivity index (χ0) is 12.1. The number of hydrogen-bond donors (Lipinski definition) is 1. The molecule has 0 radical (unpaired) electrons. The molecule has 0 atom stereocenters. The molecular formula is C10H8F2N2O2. The van der Waals surface area contributed by atoms with Crippen LogP contribution in [0.25, 0.3) is 0 Å². The summed E-state index contributed by atoms with van der Waals surface area (Å²) in [6, 6.07) is 1.33. The topological polar surface area (TPSA) is 55.2 Å². The SMILES string of the molecule is CC#CCNc1cc(F)cc(F)c1[N+](=O)[O-]. The van der Waals surface area contributed by atoms with E-state index in [-0.39, 0.29) is 12.2 Å². The van der Waals surface area contributed by atoms with E-state index in [2.05, 4.69) is 17.2 Å². The molecule has 1 aromatic rings. The summed E-state index contributed by atoms with van der Waals surface area (Å²) in [7, 11) is 0. The standard InChI is InChI=1S/C10H8F2N2O2/c1-2-3-4-13-9-6-7(11)5-8(12)10(9)14(15)16/h5-6,13H,4H2,1H3. The molecule has 16 heavy (non-hydrogen) atoms. The van der Waals surface area contributed by atoms with Crippen molar-refractivity contribution in [1.82, 2.24) is 0 Å². The van der Waals surface area contributed by atoms with Crippen LogP contribution in [0.2, 0.25) is 0 Å². The molecule has 1 rings (SSSR count). The van der Waals surface area contributed by atoms with Crippen LogP contribution in [0.5, 0.6) is 0 Å². The summed E-state index contributed by atoms with van der Waals surface area (Å²) in [4.78, 5) is 9.65. The summed E-state index contributed by atoms with van der Waals surface area (Å²) >= 11 is 0. The van der Waals surface area contributed by atoms with Gasteiger partial charge < -0.3 is 5.32 Å². The number of nitro benzene ring substituents is 1. The van der Waals surface area contributed by atoms with Crippen LogP contribution < -0.4 is 5.32 Å². The fraction of sp³-hybridized carbons (Fsp3) is 0.200. The molecular weight excluding hydrogens is 218 g/mol. The maximum absolute atomic E-state index is 13.1. The van der Waals surface area contributed by atoms with Crippen molar-refractivity contribution in [2.75, 3.05) is 11.9 Å². The first-order valence-electron chi connectivity index (χ1n) is 4.33. The third kappa shape index (κ3) is 2.67. The molecule has 1 N–H and O–H groups in total. The summed E-state index contributed by atoms with van der Waals surface area (Å²) in [6.07, 6.45) is 0. The molecule has 0 aliphatic rings. The summed E-state index contributed by atoms with van der Waals surface area (Å²) in [5.41, 5.74) is -0.996. The van der Waals surface area contributed by atoms with E-state index in [4.69, 9.17) is 0 Å². The molecule has 0 aliphatic carbocycles. The van der Waals surface area contributed by atoms with Gasteiger partial charge in [-0.25, -0.2) is 4.39 Å². The van der Waals surface area contributed by atoms with Gasteiger partial charge in [0.05, 0.1) is 11.5 Å². The fourth-order valence-corrected chi connectivity index (χ4v) is 1.11. The van der Waals surface area contributed by atoms with Crippen LogP contribution in [0.4, 0.5) is 20.2 Å². The Balaban J connectivity index is 3.12. The number of halogens is 2. The van der Waals surface area contributed by atoms with E-state index in [0.29, 0.717) is 6.07 Å². The monoisotopic (exact) mass is 226 g/mol. The zero-order valence-electron chi connectivity index (χ0n) is 8.38. The summed E-state index contributed by atoms with van der Waals surface area (Å²) in [5.74, 6) is 3.03. The van der Waals surface area contributed by atoms with Crippen molar-refractivity contribution in [3.8, 4) is 11.8 Å². The lowest BCUT2D eigenvalue weighted by atomic mass is 10.2. The normalized spacial score (nSPS) is 9.19. The van der Waals surface area contributed by atoms with E-state index < -0.39 is 22.2 Å². The highest BCUT2D eigenvalue weighted by atomic mass is 19.1. The van der Waals surface area contributed by atoms with Gasteiger partial charge in [-0.2, -0.15) is 4.39 Å². The number of nitro groups is 1. The number of nitrogens with zero attached hydrogens (tertiary/aromatic N) is 1. The van der Waals surface area contributed by atoms with Crippen LogP contribution in [-0.2, 0) is 0 Å². The highest BCUT2D eigenvalue weighted by molar-refractivity contribution is 5.62. The molecule has 84 valence electrons. The van der Waals surface area contributed by atoms with Gasteiger partial charge in [0.15, 0.2) is 0 Å². The maximum atomic E-state index is 13.1. The molecule has 0 amide bonds. The summed E-state index contributed by atoms with van der Waals surface area (Å²) < 4.78 is 26.0. The lowest BCUT2D eigenvalue weighted by Crippen LogP contribution is -2.05. The predicted molar refractivity (Wildman–Crippen MR) is 55.0 cm³/mol. The average molecular weight is 226 g/mol. The van der Waals surface area contributed by atoms with Crippen molar-refractivity contribution < 1.29 is 13.7 Å². The minimum absolute atomic E-state index is 0.0836. The second-order valence-electron chi connectivity index (χ2n) is 2.82. The minimum Gasteiger partial charge on any atom is -0.368 e. The van der Waals surface area contributed by atoms with Crippen molar-refractivity contribution in [2.24, 2.45) is 0 Å². The molecule has 0 bridgehead atoms. The van der Waals surface area contributed by atoms with Gasteiger partial charge in [0.25, 0.3) is 0 Å². The molecule has 0 fully saturated rings. The van der Waals surface area contributed by atoms with E-state index in [0.717, 1.165) is 6.07 Å². The van der Waals surface area contributed by atoms with E-state index >= 15 is 0 Å². The lowest BCUT2D eigenvalue weighted by Gasteiger charge is -2.04. The number of hydrogen-bond acceptors (Lipinski definition) is 3. The number of anilines is 1. The predicted octanol–water partition coefficient (Wildman–Crippen LogP) is 2.31. The minimum atomic E-state index is -1.21. The van der Waals surface area contributed by atoms with E-state index in [1.807, 2.05) is 0 Å². The molecule has 6 heteroatoms. The van der Waals surface area contributed by atoms with Gasteiger partial charge in [0.1, 0.15) is 11.5 Å². The fourth-order valence-electron chi connectivity index (χ4n) is 1.11. The second-order valence-corrected chi connectivity index (χ2v) is 2.82. The molecule has 0 saturated heterocycles.